The summed E-state index contributed by atoms with van der Waals surface area (Å²) in [6, 6.07) is 4.61. The van der Waals surface area contributed by atoms with Crippen LogP contribution in [0.2, 0.25) is 0 Å². The molecular weight excluding hydrogens is 1350 g/mol. The van der Waals surface area contributed by atoms with Gasteiger partial charge in [-0.15, -0.1) is 0 Å². The molecule has 0 radical (unpaired) electrons. The lowest BCUT2D eigenvalue weighted by Crippen LogP contribution is -2.45. The van der Waals surface area contributed by atoms with Gasteiger partial charge in [-0.2, -0.15) is 0 Å². The highest BCUT2D eigenvalue weighted by Crippen LogP contribution is 2.54. The maximum atomic E-state index is 13.8. The normalized spacial score (nSPS) is 24.4. The number of amides is 6. The van der Waals surface area contributed by atoms with Gasteiger partial charge in [-0.1, -0.05) is 39.3 Å². The van der Waals surface area contributed by atoms with Gasteiger partial charge in [0.05, 0.1) is 44.9 Å². The minimum Gasteiger partial charge on any atom is -0.481 e. The molecule has 524 valence electrons. The molecule has 37 nitrogen and oxygen atoms in total. The molecule has 2 bridgehead atoms. The molecule has 1 aromatic carbocycles. The minimum absolute atomic E-state index is 0.0193. The van der Waals surface area contributed by atoms with Crippen molar-refractivity contribution in [3.63, 3.8) is 0 Å². The summed E-state index contributed by atoms with van der Waals surface area (Å²) in [5.41, 5.74) is 18.7. The molecule has 7 heterocycles. The van der Waals surface area contributed by atoms with Gasteiger partial charge in [0.25, 0.3) is 0 Å². The molecule has 6 amide bonds. The third-order valence-corrected chi connectivity index (χ3v) is 18.6. The van der Waals surface area contributed by atoms with Gasteiger partial charge in [0.2, 0.25) is 17.7 Å². The Bertz CT molecular complexity index is 3710. The van der Waals surface area contributed by atoms with Gasteiger partial charge >= 0.3 is 37.7 Å². The number of carbonyl (C=O) groups is 8. The fraction of sp³-hybridized carbons (Fsp3) is 0.564. The molecule has 41 heteroatoms. The molecular formula is C55H76N16O21P2S2. The number of aliphatic hydroxyl groups is 1. The van der Waals surface area contributed by atoms with E-state index in [-0.39, 0.29) is 109 Å². The van der Waals surface area contributed by atoms with Crippen LogP contribution < -0.4 is 38.5 Å². The lowest BCUT2D eigenvalue weighted by molar-refractivity contribution is -0.140. The second kappa shape index (κ2) is 33.5. The average Bonchev–Trinajstić information content (AvgIpc) is 1.61. The monoisotopic (exact) mass is 1420 g/mol. The number of hydrogen-bond donors (Lipinski definition) is 11. The number of nitrogens with two attached hydrogens (primary N) is 3. The fourth-order valence-corrected chi connectivity index (χ4v) is 13.3. The zero-order valence-corrected chi connectivity index (χ0v) is 55.8. The number of unbranched alkanes of at least 4 members (excludes halogenated alkanes) is 2. The Morgan fingerprint density at radius 2 is 1.36 bits per heavy atom. The maximum Gasteiger partial charge on any atom is 0.508 e. The molecule has 3 saturated heterocycles. The molecule has 0 saturated carbocycles. The summed E-state index contributed by atoms with van der Waals surface area (Å²) in [6.07, 6.45) is -7.58. The second-order valence-corrected chi connectivity index (χ2v) is 28.6. The zero-order chi connectivity index (χ0) is 69.6. The van der Waals surface area contributed by atoms with Crippen molar-refractivity contribution in [3.05, 3.63) is 55.1 Å². The molecule has 5 aromatic rings. The number of urea groups is 1. The SMILES string of the molecule is CC(CC(=O)O)C(=O)NCCCCCC(=O)N[C@H](C(=O)C[C@@H](CCCNC(N)=O)C(=O)Nc1ccc(COC(=O)N(C)CCOC(=O)O[C@@H]2[C@@H]3OP(O)(=S)OC[C@H]4O[C@@H](n5cnc6c(N)ncnc65)[C@H](OP(O)(=S)OC[C@H]3O[C@H]2n2cnc3c(N)ncnc32)[C@@H]4O)cc1)C(C)C. The number of aliphatic carboxylic acids is 1. The number of nitrogen functional groups attached to an aromatic ring is 2. The van der Waals surface area contributed by atoms with Gasteiger partial charge in [0, 0.05) is 50.5 Å². The van der Waals surface area contributed by atoms with E-state index in [1.54, 1.807) is 38.1 Å². The average molecular weight is 1420 g/mol. The topological polar surface area (TPSA) is 517 Å². The van der Waals surface area contributed by atoms with Crippen LogP contribution in [0.25, 0.3) is 22.3 Å². The second-order valence-electron chi connectivity index (χ2n) is 23.0. The van der Waals surface area contributed by atoms with Crippen LogP contribution in [0.1, 0.15) is 90.2 Å². The summed E-state index contributed by atoms with van der Waals surface area (Å²) in [7, 11) is 1.37. The van der Waals surface area contributed by atoms with E-state index in [2.05, 4.69) is 51.2 Å². The van der Waals surface area contributed by atoms with Crippen molar-refractivity contribution < 1.29 is 100 Å². The number of rotatable bonds is 28. The fourth-order valence-electron chi connectivity index (χ4n) is 10.5. The first-order valence-corrected chi connectivity index (χ1v) is 35.4. The molecule has 3 aliphatic rings. The van der Waals surface area contributed by atoms with E-state index < -0.39 is 130 Å². The Morgan fingerprint density at radius 3 is 1.99 bits per heavy atom. The Balaban J connectivity index is 0.844. The first kappa shape index (κ1) is 74.0. The number of carboxylic acids is 1. The van der Waals surface area contributed by atoms with Crippen molar-refractivity contribution in [2.45, 2.75) is 134 Å². The van der Waals surface area contributed by atoms with Crippen molar-refractivity contribution >= 4 is 124 Å². The summed E-state index contributed by atoms with van der Waals surface area (Å²) < 4.78 is 55.5. The lowest BCUT2D eigenvalue weighted by atomic mass is 9.89. The van der Waals surface area contributed by atoms with Crippen LogP contribution in [0.4, 0.5) is 31.7 Å². The van der Waals surface area contributed by atoms with E-state index in [1.807, 2.05) is 0 Å². The van der Waals surface area contributed by atoms with Crippen LogP contribution >= 0.6 is 13.4 Å². The number of ether oxygens (including phenoxy) is 5. The highest BCUT2D eigenvalue weighted by molar-refractivity contribution is 8.07. The highest BCUT2D eigenvalue weighted by Gasteiger charge is 2.55. The Morgan fingerprint density at radius 1 is 0.760 bits per heavy atom. The zero-order valence-electron chi connectivity index (χ0n) is 52.4. The summed E-state index contributed by atoms with van der Waals surface area (Å²) in [4.78, 5) is 151. The van der Waals surface area contributed by atoms with Crippen LogP contribution in [0, 0.1) is 17.8 Å². The Kier molecular flexibility index (Phi) is 25.8. The molecule has 96 heavy (non-hydrogen) atoms. The number of imidazole rings is 2. The van der Waals surface area contributed by atoms with E-state index in [4.69, 9.17) is 87.7 Å². The van der Waals surface area contributed by atoms with E-state index >= 15 is 0 Å². The van der Waals surface area contributed by atoms with Crippen LogP contribution in [0.5, 0.6) is 0 Å². The smallest absolute Gasteiger partial charge is 0.481 e. The first-order chi connectivity index (χ1) is 45.6. The highest BCUT2D eigenvalue weighted by atomic mass is 32.5. The molecule has 3 fully saturated rings. The molecule has 4 aromatic heterocycles. The van der Waals surface area contributed by atoms with Gasteiger partial charge in [-0.05, 0) is 72.9 Å². The first-order valence-electron chi connectivity index (χ1n) is 30.2. The number of hydrogen-bond acceptors (Lipinski definition) is 28. The largest absolute Gasteiger partial charge is 0.508 e. The van der Waals surface area contributed by atoms with Crippen LogP contribution in [-0.4, -0.2) is 201 Å². The standard InChI is InChI=1S/C55H76N16O21P2S2/c1-28(2)38(68-36(73)10-6-5-7-15-59-49(77)29(3)19-37(74)75)33(72)20-31(9-8-16-60-53(58)79)50(78)67-32-13-11-30(12-14-32)21-85-54(80)69(4)17-18-84-55(81)90-44-42-35(89-52(44)71-27-66-40-46(57)62-25-64-48(40)71)23-87-94(83,96)92-43-41(76)34(22-86-93(82,95)91-42)88-51(43)70-26-65-39-45(56)61-24-63-47(39)70/h11-14,24-29,31,34-35,38,41-44,51-52,76H,5-10,15-23H2,1-4H3,(H,59,77)(H,67,78)(H,68,73)(H,74,75)(H,82,95)(H,83,96)(H2,56,61,63)(H2,57,62,64)(H3,58,60,79)/t29?,31-,34-,35-,38+,41-,42-,43-,44-,51-,52-,93?,94?/m1/s1. The van der Waals surface area contributed by atoms with Crippen molar-refractivity contribution in [3.8, 4) is 0 Å². The van der Waals surface area contributed by atoms with E-state index in [0.717, 1.165) is 11.2 Å². The summed E-state index contributed by atoms with van der Waals surface area (Å²) >= 11 is 10.9. The molecule has 3 unspecified atom stereocenters. The van der Waals surface area contributed by atoms with Crippen molar-refractivity contribution in [2.75, 3.05) is 63.3 Å². The third-order valence-electron chi connectivity index (χ3n) is 15.5. The maximum absolute atomic E-state index is 13.8. The summed E-state index contributed by atoms with van der Waals surface area (Å²) in [5.74, 6) is -4.60. The van der Waals surface area contributed by atoms with Gasteiger partial charge < -0.3 is 96.1 Å². The summed E-state index contributed by atoms with van der Waals surface area (Å²) in [6.45, 7) is -5.70. The number of aliphatic hydroxyl groups excluding tert-OH is 1. The number of ketones is 1. The van der Waals surface area contributed by atoms with Gasteiger partial charge in [0.15, 0.2) is 47.3 Å². The number of nitrogens with zero attached hydrogens (tertiary/aromatic N) is 9. The van der Waals surface area contributed by atoms with E-state index in [0.29, 0.717) is 37.1 Å². The summed E-state index contributed by atoms with van der Waals surface area (Å²) in [5, 5.41) is 31.2. The van der Waals surface area contributed by atoms with Gasteiger partial charge in [-0.25, -0.2) is 44.3 Å². The molecule has 8 rings (SSSR count). The Labute approximate surface area is 558 Å². The number of carboxylic acid groups (broad SMARTS) is 1. The number of anilines is 3. The number of Topliss-reactive ketones (excluding diaryl/α,β-unsaturated/α-hetero) is 1. The number of fused-ring (bicyclic) bond motifs is 5. The number of nitrogens with one attached hydrogen (secondary N) is 4. The quantitative estimate of drug-likeness (QED) is 0.0194. The Hall–Kier alpha value is -7.78. The van der Waals surface area contributed by atoms with Crippen LogP contribution in [-0.2, 0) is 96.0 Å². The molecule has 14 N–H and O–H groups in total. The van der Waals surface area contributed by atoms with E-state index in [9.17, 15) is 53.2 Å². The van der Waals surface area contributed by atoms with Crippen molar-refractivity contribution in [1.29, 1.82) is 0 Å². The van der Waals surface area contributed by atoms with Gasteiger partial charge in [-0.3, -0.25) is 42.2 Å². The third kappa shape index (κ3) is 19.9. The molecule has 0 spiro atoms. The number of likely N-dealkylation sites (N-methyl/N-ethyl adjacent to an activating group) is 1. The molecule has 0 aliphatic carbocycles. The van der Waals surface area contributed by atoms with Crippen molar-refractivity contribution in [1.82, 2.24) is 59.9 Å². The van der Waals surface area contributed by atoms with Gasteiger partial charge in [0.1, 0.15) is 67.4 Å². The van der Waals surface area contributed by atoms with Crippen LogP contribution in [0.15, 0.2) is 49.6 Å². The molecule has 13 atom stereocenters. The van der Waals surface area contributed by atoms with Crippen molar-refractivity contribution in [2.24, 2.45) is 23.5 Å². The molecule has 3 aliphatic heterocycles. The van der Waals surface area contributed by atoms with E-state index in [1.165, 1.54) is 42.1 Å². The minimum atomic E-state index is -4.49. The number of primary amides is 1. The number of benzene rings is 1. The lowest BCUT2D eigenvalue weighted by Gasteiger charge is -2.29. The predicted octanol–water partition coefficient (Wildman–Crippen LogP) is 1.92. The number of aromatic nitrogens is 8. The predicted molar refractivity (Wildman–Crippen MR) is 342 cm³/mol. The van der Waals surface area contributed by atoms with Crippen LogP contribution in [0.3, 0.4) is 0 Å². The number of carbonyl (C=O) groups excluding carboxylic acids is 7.